The van der Waals surface area contributed by atoms with E-state index in [1.165, 1.54) is 21.3 Å². The van der Waals surface area contributed by atoms with Crippen LogP contribution in [-0.2, 0) is 5.41 Å². The Bertz CT molecular complexity index is 1420. The van der Waals surface area contributed by atoms with Gasteiger partial charge in [-0.2, -0.15) is 5.26 Å². The zero-order valence-electron chi connectivity index (χ0n) is 22.2. The topological polar surface area (TPSA) is 113 Å². The summed E-state index contributed by atoms with van der Waals surface area (Å²) < 4.78 is 27.8. The largest absolute Gasteiger partial charge is 0.493 e. The van der Waals surface area contributed by atoms with E-state index in [-0.39, 0.29) is 22.6 Å². The van der Waals surface area contributed by atoms with Gasteiger partial charge in [-0.15, -0.1) is 0 Å². The Morgan fingerprint density at radius 3 is 2.11 bits per heavy atom. The fourth-order valence-electron chi connectivity index (χ4n) is 4.38. The first-order valence-corrected chi connectivity index (χ1v) is 12.0. The van der Waals surface area contributed by atoms with Gasteiger partial charge in [-0.25, -0.2) is 4.79 Å². The molecule has 38 heavy (non-hydrogen) atoms. The fraction of sp³-hybridized carbons (Fsp3) is 0.267. The van der Waals surface area contributed by atoms with Gasteiger partial charge >= 0.3 is 5.97 Å². The highest BCUT2D eigenvalue weighted by Gasteiger charge is 2.32. The van der Waals surface area contributed by atoms with Crippen LogP contribution in [0, 0.1) is 11.3 Å². The van der Waals surface area contributed by atoms with Crippen molar-refractivity contribution in [2.24, 2.45) is 5.73 Å². The first kappa shape index (κ1) is 26.4. The van der Waals surface area contributed by atoms with E-state index in [0.29, 0.717) is 39.7 Å². The molecule has 0 aliphatic carbocycles. The summed E-state index contributed by atoms with van der Waals surface area (Å²) in [6.45, 7) is 6.32. The Balaban J connectivity index is 1.70. The second kappa shape index (κ2) is 10.4. The maximum absolute atomic E-state index is 12.8. The van der Waals surface area contributed by atoms with E-state index in [0.717, 1.165) is 5.56 Å². The lowest BCUT2D eigenvalue weighted by Gasteiger charge is -2.27. The number of nitrogens with two attached hydrogens (primary N) is 1. The number of esters is 1. The van der Waals surface area contributed by atoms with Crippen LogP contribution in [-0.4, -0.2) is 27.3 Å². The molecule has 0 saturated carbocycles. The van der Waals surface area contributed by atoms with Gasteiger partial charge in [0.15, 0.2) is 11.5 Å². The summed E-state index contributed by atoms with van der Waals surface area (Å²) in [6, 6.07) is 18.0. The fourth-order valence-corrected chi connectivity index (χ4v) is 4.38. The minimum Gasteiger partial charge on any atom is -0.493 e. The molecule has 0 spiro atoms. The molecule has 4 rings (SSSR count). The van der Waals surface area contributed by atoms with Crippen molar-refractivity contribution < 1.29 is 28.5 Å². The molecule has 196 valence electrons. The lowest BCUT2D eigenvalue weighted by Crippen LogP contribution is -2.21. The van der Waals surface area contributed by atoms with Crippen molar-refractivity contribution in [2.75, 3.05) is 21.3 Å². The summed E-state index contributed by atoms with van der Waals surface area (Å²) in [7, 11) is 4.56. The average Bonchev–Trinajstić information content (AvgIpc) is 2.90. The molecule has 8 heteroatoms. The van der Waals surface area contributed by atoms with Gasteiger partial charge in [0.1, 0.15) is 23.1 Å². The van der Waals surface area contributed by atoms with Crippen LogP contribution in [0.2, 0.25) is 0 Å². The highest BCUT2D eigenvalue weighted by atomic mass is 16.5. The highest BCUT2D eigenvalue weighted by molar-refractivity contribution is 5.91. The van der Waals surface area contributed by atoms with Crippen molar-refractivity contribution in [1.29, 1.82) is 5.26 Å². The lowest BCUT2D eigenvalue weighted by atomic mass is 9.83. The number of hydrogen-bond donors (Lipinski definition) is 1. The van der Waals surface area contributed by atoms with Crippen LogP contribution in [0.4, 0.5) is 0 Å². The molecular weight excluding hydrogens is 484 g/mol. The minimum absolute atomic E-state index is 0.0253. The van der Waals surface area contributed by atoms with Gasteiger partial charge in [0.25, 0.3) is 0 Å². The van der Waals surface area contributed by atoms with E-state index in [1.807, 2.05) is 12.1 Å². The summed E-state index contributed by atoms with van der Waals surface area (Å²) in [4.78, 5) is 12.8. The molecule has 1 heterocycles. The number of allylic oxidation sites excluding steroid dienone is 1. The zero-order chi connectivity index (χ0) is 27.6. The van der Waals surface area contributed by atoms with E-state index in [2.05, 4.69) is 26.8 Å². The van der Waals surface area contributed by atoms with Crippen LogP contribution in [0.5, 0.6) is 28.7 Å². The Morgan fingerprint density at radius 2 is 1.58 bits per heavy atom. The number of carbonyl (C=O) groups is 1. The first-order valence-electron chi connectivity index (χ1n) is 12.0. The van der Waals surface area contributed by atoms with Crippen LogP contribution < -0.4 is 29.4 Å². The molecule has 0 aromatic heterocycles. The molecule has 0 radical (unpaired) electrons. The Morgan fingerprint density at radius 1 is 0.947 bits per heavy atom. The molecular formula is C30H30N2O6. The van der Waals surface area contributed by atoms with Gasteiger partial charge in [-0.05, 0) is 46.9 Å². The van der Waals surface area contributed by atoms with Crippen molar-refractivity contribution >= 4 is 5.97 Å². The van der Waals surface area contributed by atoms with E-state index in [9.17, 15) is 10.1 Å². The Hall–Kier alpha value is -4.64. The predicted octanol–water partition coefficient (Wildman–Crippen LogP) is 5.45. The molecule has 1 atom stereocenters. The van der Waals surface area contributed by atoms with Gasteiger partial charge in [-0.1, -0.05) is 39.0 Å². The van der Waals surface area contributed by atoms with Crippen molar-refractivity contribution in [2.45, 2.75) is 32.1 Å². The molecule has 0 amide bonds. The van der Waals surface area contributed by atoms with Crippen molar-refractivity contribution in [3.8, 4) is 34.8 Å². The molecule has 3 aromatic rings. The molecule has 0 saturated heterocycles. The Labute approximate surface area is 222 Å². The van der Waals surface area contributed by atoms with E-state index < -0.39 is 11.9 Å². The molecule has 8 nitrogen and oxygen atoms in total. The van der Waals surface area contributed by atoms with Gasteiger partial charge in [0.2, 0.25) is 11.6 Å². The third-order valence-corrected chi connectivity index (χ3v) is 6.41. The van der Waals surface area contributed by atoms with Crippen molar-refractivity contribution in [1.82, 2.24) is 0 Å². The number of hydrogen-bond acceptors (Lipinski definition) is 8. The number of nitrogens with zero attached hydrogens (tertiary/aromatic N) is 1. The van der Waals surface area contributed by atoms with Gasteiger partial charge < -0.3 is 29.4 Å². The summed E-state index contributed by atoms with van der Waals surface area (Å²) in [5.41, 5.74) is 9.26. The minimum atomic E-state index is -0.577. The standard InChI is InChI=1S/C30H30N2O6/c1-30(2,3)19-9-7-17(8-10-19)29(33)37-20-11-12-21-23(15-20)38-28(32)22(16-31)26(21)18-13-24(34-4)27(36-6)25(14-18)35-5/h7-15,26H,32H2,1-6H3. The molecule has 3 aromatic carbocycles. The number of benzene rings is 3. The summed E-state index contributed by atoms with van der Waals surface area (Å²) in [5.74, 6) is 0.844. The normalized spacial score (nSPS) is 14.6. The van der Waals surface area contributed by atoms with Crippen molar-refractivity contribution in [3.63, 3.8) is 0 Å². The number of nitriles is 1. The molecule has 0 bridgehead atoms. The monoisotopic (exact) mass is 514 g/mol. The molecule has 1 aliphatic heterocycles. The van der Waals surface area contributed by atoms with Crippen LogP contribution in [0.1, 0.15) is 53.7 Å². The quantitative estimate of drug-likeness (QED) is 0.341. The average molecular weight is 515 g/mol. The van der Waals surface area contributed by atoms with Crippen LogP contribution in [0.3, 0.4) is 0 Å². The van der Waals surface area contributed by atoms with Crippen LogP contribution in [0.25, 0.3) is 0 Å². The summed E-state index contributed by atoms with van der Waals surface area (Å²) in [6.07, 6.45) is 0. The number of fused-ring (bicyclic) bond motifs is 1. The first-order chi connectivity index (χ1) is 18.1. The molecule has 2 N–H and O–H groups in total. The third-order valence-electron chi connectivity index (χ3n) is 6.41. The van der Waals surface area contributed by atoms with Gasteiger partial charge in [-0.3, -0.25) is 0 Å². The lowest BCUT2D eigenvalue weighted by molar-refractivity contribution is 0.0734. The number of rotatable bonds is 6. The number of ether oxygens (including phenoxy) is 5. The zero-order valence-corrected chi connectivity index (χ0v) is 22.2. The third kappa shape index (κ3) is 4.96. The second-order valence-electron chi connectivity index (χ2n) is 9.80. The highest BCUT2D eigenvalue weighted by Crippen LogP contribution is 2.47. The second-order valence-corrected chi connectivity index (χ2v) is 9.80. The summed E-state index contributed by atoms with van der Waals surface area (Å²) in [5, 5.41) is 9.92. The number of methoxy groups -OCH3 is 3. The molecule has 1 unspecified atom stereocenters. The van der Waals surface area contributed by atoms with Gasteiger partial charge in [0, 0.05) is 11.6 Å². The van der Waals surface area contributed by atoms with Gasteiger partial charge in [0.05, 0.1) is 32.8 Å². The molecule has 1 aliphatic rings. The SMILES string of the molecule is COc1cc(C2C(C#N)=C(N)Oc3cc(OC(=O)c4ccc(C(C)(C)C)cc4)ccc32)cc(OC)c1OC. The smallest absolute Gasteiger partial charge is 0.343 e. The maximum Gasteiger partial charge on any atom is 0.343 e. The van der Waals surface area contributed by atoms with Crippen LogP contribution >= 0.6 is 0 Å². The van der Waals surface area contributed by atoms with E-state index in [4.69, 9.17) is 29.4 Å². The predicted molar refractivity (Wildman–Crippen MR) is 142 cm³/mol. The van der Waals surface area contributed by atoms with E-state index >= 15 is 0 Å². The molecule has 0 fully saturated rings. The van der Waals surface area contributed by atoms with Crippen LogP contribution in [0.15, 0.2) is 66.1 Å². The van der Waals surface area contributed by atoms with Crippen molar-refractivity contribution in [3.05, 3.63) is 88.3 Å². The van der Waals surface area contributed by atoms with E-state index in [1.54, 1.807) is 42.5 Å². The maximum atomic E-state index is 12.8. The summed E-state index contributed by atoms with van der Waals surface area (Å²) >= 11 is 0. The Kier molecular flexibility index (Phi) is 7.22. The number of carbonyl (C=O) groups excluding carboxylic acids is 1.